The number of para-hydroxylation sites is 1. The Morgan fingerprint density at radius 1 is 1.53 bits per heavy atom. The third-order valence-corrected chi connectivity index (χ3v) is 3.29. The number of nitrogens with zero attached hydrogens (tertiary/aromatic N) is 1. The number of nitrogens with two attached hydrogens (primary N) is 1. The molecule has 6 heteroatoms. The predicted molar refractivity (Wildman–Crippen MR) is 76.9 cm³/mol. The van der Waals surface area contributed by atoms with Crippen molar-refractivity contribution in [2.24, 2.45) is 0 Å². The molecule has 0 fully saturated rings. The van der Waals surface area contributed by atoms with Crippen molar-refractivity contribution in [3.63, 3.8) is 0 Å². The molecule has 1 heterocycles. The molecule has 0 atom stereocenters. The van der Waals surface area contributed by atoms with Crippen LogP contribution in [0.4, 0.5) is 16.5 Å². The van der Waals surface area contributed by atoms with Crippen LogP contribution in [0.1, 0.15) is 22.2 Å². The molecule has 2 aromatic rings. The summed E-state index contributed by atoms with van der Waals surface area (Å²) in [6, 6.07) is 5.20. The van der Waals surface area contributed by atoms with E-state index < -0.39 is 5.97 Å². The van der Waals surface area contributed by atoms with E-state index in [-0.39, 0.29) is 0 Å². The summed E-state index contributed by atoms with van der Waals surface area (Å²) >= 11 is 1.52. The molecule has 0 spiro atoms. The number of esters is 1. The highest BCUT2D eigenvalue weighted by Crippen LogP contribution is 2.28. The molecule has 0 saturated heterocycles. The molecule has 2 rings (SSSR count). The van der Waals surface area contributed by atoms with E-state index in [0.29, 0.717) is 23.5 Å². The van der Waals surface area contributed by atoms with Crippen LogP contribution in [0.5, 0.6) is 0 Å². The standard InChI is InChI=1S/C13H15N3O2S/c1-3-18-12(17)9-5-4-6-10(11(9)14)16-13-15-7-8(2)19-13/h4-7H,3,14H2,1-2H3,(H,15,16). The third kappa shape index (κ3) is 3.03. The smallest absolute Gasteiger partial charge is 0.340 e. The van der Waals surface area contributed by atoms with Crippen molar-refractivity contribution in [3.05, 3.63) is 34.8 Å². The Bertz CT molecular complexity index is 595. The van der Waals surface area contributed by atoms with Gasteiger partial charge in [0.05, 0.1) is 23.5 Å². The van der Waals surface area contributed by atoms with Crippen LogP contribution in [0.3, 0.4) is 0 Å². The molecule has 0 radical (unpaired) electrons. The summed E-state index contributed by atoms with van der Waals surface area (Å²) < 4.78 is 4.96. The maximum Gasteiger partial charge on any atom is 0.340 e. The van der Waals surface area contributed by atoms with E-state index in [1.165, 1.54) is 11.3 Å². The quantitative estimate of drug-likeness (QED) is 0.663. The molecule has 0 bridgehead atoms. The molecule has 0 aliphatic heterocycles. The topological polar surface area (TPSA) is 77.2 Å². The fourth-order valence-corrected chi connectivity index (χ4v) is 2.27. The van der Waals surface area contributed by atoms with E-state index in [2.05, 4.69) is 10.3 Å². The summed E-state index contributed by atoms with van der Waals surface area (Å²) in [5.41, 5.74) is 7.37. The normalized spacial score (nSPS) is 10.2. The maximum atomic E-state index is 11.7. The van der Waals surface area contributed by atoms with Gasteiger partial charge in [0.15, 0.2) is 5.13 Å². The van der Waals surface area contributed by atoms with Crippen LogP contribution in [-0.2, 0) is 4.74 Å². The van der Waals surface area contributed by atoms with Gasteiger partial charge in [-0.25, -0.2) is 9.78 Å². The molecule has 0 aliphatic carbocycles. The van der Waals surface area contributed by atoms with Crippen molar-refractivity contribution in [3.8, 4) is 0 Å². The van der Waals surface area contributed by atoms with Crippen LogP contribution in [0.2, 0.25) is 0 Å². The average molecular weight is 277 g/mol. The number of aryl methyl sites for hydroxylation is 1. The molecule has 0 amide bonds. The second-order valence-corrected chi connectivity index (χ2v) is 5.12. The van der Waals surface area contributed by atoms with Crippen LogP contribution in [0.15, 0.2) is 24.4 Å². The summed E-state index contributed by atoms with van der Waals surface area (Å²) in [5, 5.41) is 3.85. The number of anilines is 3. The van der Waals surface area contributed by atoms with Crippen molar-refractivity contribution in [2.75, 3.05) is 17.7 Å². The SMILES string of the molecule is CCOC(=O)c1cccc(Nc2ncc(C)s2)c1N. The largest absolute Gasteiger partial charge is 0.462 e. The summed E-state index contributed by atoms with van der Waals surface area (Å²) in [6.07, 6.45) is 1.78. The lowest BCUT2D eigenvalue weighted by Crippen LogP contribution is -2.09. The first-order valence-electron chi connectivity index (χ1n) is 5.87. The van der Waals surface area contributed by atoms with Gasteiger partial charge >= 0.3 is 5.97 Å². The monoisotopic (exact) mass is 277 g/mol. The van der Waals surface area contributed by atoms with E-state index >= 15 is 0 Å². The Kier molecular flexibility index (Phi) is 4.01. The second kappa shape index (κ2) is 5.71. The summed E-state index contributed by atoms with van der Waals surface area (Å²) in [7, 11) is 0. The van der Waals surface area contributed by atoms with Crippen molar-refractivity contribution in [1.82, 2.24) is 4.98 Å². The lowest BCUT2D eigenvalue weighted by atomic mass is 10.1. The third-order valence-electron chi connectivity index (χ3n) is 2.46. The Labute approximate surface area is 115 Å². The van der Waals surface area contributed by atoms with Crippen molar-refractivity contribution in [2.45, 2.75) is 13.8 Å². The first-order chi connectivity index (χ1) is 9.11. The zero-order valence-electron chi connectivity index (χ0n) is 10.8. The van der Waals surface area contributed by atoms with Crippen LogP contribution in [0.25, 0.3) is 0 Å². The minimum atomic E-state index is -0.418. The predicted octanol–water partition coefficient (Wildman–Crippen LogP) is 2.95. The van der Waals surface area contributed by atoms with Gasteiger partial charge in [-0.05, 0) is 26.0 Å². The number of ether oxygens (including phenoxy) is 1. The molecule has 0 unspecified atom stereocenters. The number of rotatable bonds is 4. The zero-order chi connectivity index (χ0) is 13.8. The van der Waals surface area contributed by atoms with Gasteiger partial charge in [-0.1, -0.05) is 6.07 Å². The van der Waals surface area contributed by atoms with Crippen LogP contribution < -0.4 is 11.1 Å². The zero-order valence-corrected chi connectivity index (χ0v) is 11.6. The molecular formula is C13H15N3O2S. The molecule has 5 nitrogen and oxygen atoms in total. The Morgan fingerprint density at radius 2 is 2.32 bits per heavy atom. The lowest BCUT2D eigenvalue weighted by molar-refractivity contribution is 0.0527. The van der Waals surface area contributed by atoms with E-state index in [1.54, 1.807) is 31.3 Å². The minimum Gasteiger partial charge on any atom is -0.462 e. The van der Waals surface area contributed by atoms with E-state index in [1.807, 2.05) is 6.92 Å². The molecule has 1 aromatic carbocycles. The van der Waals surface area contributed by atoms with Crippen molar-refractivity contribution >= 4 is 33.8 Å². The molecule has 1 aromatic heterocycles. The molecule has 100 valence electrons. The van der Waals surface area contributed by atoms with Crippen molar-refractivity contribution in [1.29, 1.82) is 0 Å². The summed E-state index contributed by atoms with van der Waals surface area (Å²) in [5.74, 6) is -0.418. The lowest BCUT2D eigenvalue weighted by Gasteiger charge is -2.10. The number of aromatic nitrogens is 1. The minimum absolute atomic E-state index is 0.321. The van der Waals surface area contributed by atoms with E-state index in [9.17, 15) is 4.79 Å². The van der Waals surface area contributed by atoms with Gasteiger partial charge in [-0.15, -0.1) is 11.3 Å². The summed E-state index contributed by atoms with van der Waals surface area (Å²) in [4.78, 5) is 17.0. The Balaban J connectivity index is 2.27. The highest BCUT2D eigenvalue weighted by Gasteiger charge is 2.14. The van der Waals surface area contributed by atoms with Crippen LogP contribution >= 0.6 is 11.3 Å². The number of hydrogen-bond donors (Lipinski definition) is 2. The number of nitrogen functional groups attached to an aromatic ring is 1. The van der Waals surface area contributed by atoms with Gasteiger partial charge < -0.3 is 15.8 Å². The van der Waals surface area contributed by atoms with Crippen molar-refractivity contribution < 1.29 is 9.53 Å². The molecule has 19 heavy (non-hydrogen) atoms. The van der Waals surface area contributed by atoms with Crippen LogP contribution in [0, 0.1) is 6.92 Å². The Morgan fingerprint density at radius 3 is 2.95 bits per heavy atom. The average Bonchev–Trinajstić information content (AvgIpc) is 2.78. The fraction of sp³-hybridized carbons (Fsp3) is 0.231. The Hall–Kier alpha value is -2.08. The van der Waals surface area contributed by atoms with Gasteiger partial charge in [0.1, 0.15) is 0 Å². The number of hydrogen-bond acceptors (Lipinski definition) is 6. The van der Waals surface area contributed by atoms with E-state index in [0.717, 1.165) is 10.0 Å². The number of benzene rings is 1. The first kappa shape index (κ1) is 13.4. The molecule has 0 aliphatic rings. The first-order valence-corrected chi connectivity index (χ1v) is 6.68. The van der Waals surface area contributed by atoms with E-state index in [4.69, 9.17) is 10.5 Å². The van der Waals surface area contributed by atoms with Crippen LogP contribution in [-0.4, -0.2) is 17.6 Å². The van der Waals surface area contributed by atoms with Gasteiger partial charge in [0.2, 0.25) is 0 Å². The maximum absolute atomic E-state index is 11.7. The highest BCUT2D eigenvalue weighted by molar-refractivity contribution is 7.15. The number of thiazole rings is 1. The highest BCUT2D eigenvalue weighted by atomic mass is 32.1. The number of nitrogens with one attached hydrogen (secondary N) is 1. The number of carbonyl (C=O) groups is 1. The molecule has 0 saturated carbocycles. The number of carbonyl (C=O) groups excluding carboxylic acids is 1. The van der Waals surface area contributed by atoms with Gasteiger partial charge in [0, 0.05) is 11.1 Å². The molecule has 3 N–H and O–H groups in total. The summed E-state index contributed by atoms with van der Waals surface area (Å²) in [6.45, 7) is 4.05. The van der Waals surface area contributed by atoms with Gasteiger partial charge in [-0.3, -0.25) is 0 Å². The van der Waals surface area contributed by atoms with Gasteiger partial charge in [-0.2, -0.15) is 0 Å². The fourth-order valence-electron chi connectivity index (χ4n) is 1.59. The second-order valence-electron chi connectivity index (χ2n) is 3.89. The molecular weight excluding hydrogens is 262 g/mol. The van der Waals surface area contributed by atoms with Gasteiger partial charge in [0.25, 0.3) is 0 Å².